The van der Waals surface area contributed by atoms with E-state index in [4.69, 9.17) is 9.84 Å². The van der Waals surface area contributed by atoms with Crippen molar-refractivity contribution in [1.29, 1.82) is 0 Å². The second-order valence-corrected chi connectivity index (χ2v) is 4.49. The molecule has 0 bridgehead atoms. The zero-order valence-corrected chi connectivity index (χ0v) is 9.42. The van der Waals surface area contributed by atoms with Gasteiger partial charge in [-0.15, -0.1) is 0 Å². The van der Waals surface area contributed by atoms with Crippen LogP contribution in [0.3, 0.4) is 0 Å². The van der Waals surface area contributed by atoms with Gasteiger partial charge < -0.3 is 9.84 Å². The topological polar surface area (TPSA) is 29.5 Å². The third-order valence-electron chi connectivity index (χ3n) is 1.99. The molecule has 0 fully saturated rings. The number of aliphatic hydroxyl groups is 1. The van der Waals surface area contributed by atoms with Crippen molar-refractivity contribution < 1.29 is 9.84 Å². The van der Waals surface area contributed by atoms with E-state index in [1.807, 2.05) is 0 Å². The zero-order chi connectivity index (χ0) is 10.3. The summed E-state index contributed by atoms with van der Waals surface area (Å²) < 4.78 is 5.56. The van der Waals surface area contributed by atoms with Crippen LogP contribution in [0.2, 0.25) is 0 Å². The van der Waals surface area contributed by atoms with Crippen molar-refractivity contribution in [2.75, 3.05) is 13.2 Å². The summed E-state index contributed by atoms with van der Waals surface area (Å²) in [4.78, 5) is 0. The molecule has 0 aliphatic rings. The van der Waals surface area contributed by atoms with Crippen molar-refractivity contribution in [2.24, 2.45) is 11.8 Å². The van der Waals surface area contributed by atoms with E-state index in [1.165, 1.54) is 0 Å². The molecular weight excluding hydrogens is 164 g/mol. The summed E-state index contributed by atoms with van der Waals surface area (Å²) in [7, 11) is 0. The Morgan fingerprint density at radius 3 is 2.08 bits per heavy atom. The smallest absolute Gasteiger partial charge is 0.0808 e. The molecule has 0 aromatic carbocycles. The molecule has 0 aromatic rings. The summed E-state index contributed by atoms with van der Waals surface area (Å²) in [6, 6.07) is 0. The molecule has 0 amide bonds. The number of hydrogen-bond acceptors (Lipinski definition) is 2. The van der Waals surface area contributed by atoms with Crippen molar-refractivity contribution in [2.45, 2.75) is 46.6 Å². The van der Waals surface area contributed by atoms with Crippen LogP contribution in [0.5, 0.6) is 0 Å². The lowest BCUT2D eigenvalue weighted by Gasteiger charge is -2.17. The van der Waals surface area contributed by atoms with Gasteiger partial charge in [0.2, 0.25) is 0 Å². The van der Waals surface area contributed by atoms with Crippen LogP contribution in [0.1, 0.15) is 40.5 Å². The van der Waals surface area contributed by atoms with Crippen molar-refractivity contribution in [3.8, 4) is 0 Å². The highest BCUT2D eigenvalue weighted by Gasteiger charge is 2.09. The monoisotopic (exact) mass is 188 g/mol. The lowest BCUT2D eigenvalue weighted by Crippen LogP contribution is -2.21. The van der Waals surface area contributed by atoms with E-state index in [0.717, 1.165) is 19.4 Å². The van der Waals surface area contributed by atoms with E-state index in [2.05, 4.69) is 27.7 Å². The number of aliphatic hydroxyl groups excluding tert-OH is 1. The number of rotatable bonds is 7. The molecule has 1 unspecified atom stereocenters. The fourth-order valence-electron chi connectivity index (χ4n) is 1.19. The summed E-state index contributed by atoms with van der Waals surface area (Å²) in [5.41, 5.74) is 0. The van der Waals surface area contributed by atoms with Crippen molar-refractivity contribution in [1.82, 2.24) is 0 Å². The minimum atomic E-state index is 0.0405. The molecule has 2 nitrogen and oxygen atoms in total. The van der Waals surface area contributed by atoms with Crippen molar-refractivity contribution >= 4 is 0 Å². The molecular formula is C11H24O2. The van der Waals surface area contributed by atoms with E-state index >= 15 is 0 Å². The molecule has 0 aliphatic carbocycles. The van der Waals surface area contributed by atoms with Gasteiger partial charge in [0.15, 0.2) is 0 Å². The average Bonchev–Trinajstić information content (AvgIpc) is 2.01. The van der Waals surface area contributed by atoms with Crippen LogP contribution in [0.4, 0.5) is 0 Å². The molecule has 0 saturated carbocycles. The van der Waals surface area contributed by atoms with Crippen LogP contribution in [-0.2, 0) is 4.74 Å². The molecule has 0 radical (unpaired) electrons. The molecule has 0 saturated heterocycles. The first kappa shape index (κ1) is 12.9. The maximum Gasteiger partial charge on any atom is 0.0808 e. The lowest BCUT2D eigenvalue weighted by atomic mass is 10.1. The van der Waals surface area contributed by atoms with Crippen LogP contribution >= 0.6 is 0 Å². The fraction of sp³-hybridized carbons (Fsp3) is 1.00. The highest BCUT2D eigenvalue weighted by Crippen LogP contribution is 2.09. The Balaban J connectivity index is 3.48. The quantitative estimate of drug-likeness (QED) is 0.665. The number of ether oxygens (including phenoxy) is 1. The molecule has 0 aromatic heterocycles. The first-order valence-corrected chi connectivity index (χ1v) is 5.28. The SMILES string of the molecule is CC(C)CCOC(CO)CC(C)C. The summed E-state index contributed by atoms with van der Waals surface area (Å²) in [6.45, 7) is 9.58. The van der Waals surface area contributed by atoms with Crippen LogP contribution in [0.25, 0.3) is 0 Å². The van der Waals surface area contributed by atoms with Crippen LogP contribution < -0.4 is 0 Å². The van der Waals surface area contributed by atoms with Gasteiger partial charge in [-0.3, -0.25) is 0 Å². The van der Waals surface area contributed by atoms with Gasteiger partial charge in [0.25, 0.3) is 0 Å². The van der Waals surface area contributed by atoms with E-state index in [9.17, 15) is 0 Å². The summed E-state index contributed by atoms with van der Waals surface area (Å²) in [5, 5.41) is 9.02. The minimum Gasteiger partial charge on any atom is -0.394 e. The Bertz CT molecular complexity index is 111. The molecule has 0 spiro atoms. The first-order chi connectivity index (χ1) is 6.06. The van der Waals surface area contributed by atoms with Crippen LogP contribution in [0.15, 0.2) is 0 Å². The maximum absolute atomic E-state index is 9.02. The first-order valence-electron chi connectivity index (χ1n) is 5.28. The highest BCUT2D eigenvalue weighted by molar-refractivity contribution is 4.59. The third-order valence-corrected chi connectivity index (χ3v) is 1.99. The second-order valence-electron chi connectivity index (χ2n) is 4.49. The van der Waals surface area contributed by atoms with Crippen molar-refractivity contribution in [3.63, 3.8) is 0 Å². The molecule has 0 aliphatic heterocycles. The fourth-order valence-corrected chi connectivity index (χ4v) is 1.19. The Morgan fingerprint density at radius 1 is 1.08 bits per heavy atom. The number of hydrogen-bond donors (Lipinski definition) is 1. The minimum absolute atomic E-state index is 0.0405. The Kier molecular flexibility index (Phi) is 7.29. The van der Waals surface area contributed by atoms with E-state index in [0.29, 0.717) is 11.8 Å². The third kappa shape index (κ3) is 8.26. The summed E-state index contributed by atoms with van der Waals surface area (Å²) in [6.07, 6.45) is 2.07. The van der Waals surface area contributed by atoms with Gasteiger partial charge in [-0.05, 0) is 24.7 Å². The van der Waals surface area contributed by atoms with Gasteiger partial charge in [-0.1, -0.05) is 27.7 Å². The molecule has 2 heteroatoms. The van der Waals surface area contributed by atoms with Gasteiger partial charge in [-0.2, -0.15) is 0 Å². The van der Waals surface area contributed by atoms with E-state index < -0.39 is 0 Å². The second kappa shape index (κ2) is 7.34. The van der Waals surface area contributed by atoms with Gasteiger partial charge >= 0.3 is 0 Å². The predicted molar refractivity (Wildman–Crippen MR) is 55.7 cm³/mol. The molecule has 0 rings (SSSR count). The Labute approximate surface area is 82.3 Å². The molecule has 1 atom stereocenters. The van der Waals surface area contributed by atoms with E-state index in [-0.39, 0.29) is 12.7 Å². The van der Waals surface area contributed by atoms with Gasteiger partial charge in [-0.25, -0.2) is 0 Å². The highest BCUT2D eigenvalue weighted by atomic mass is 16.5. The Hall–Kier alpha value is -0.0800. The van der Waals surface area contributed by atoms with Gasteiger partial charge in [0, 0.05) is 6.61 Å². The summed E-state index contributed by atoms with van der Waals surface area (Å²) in [5.74, 6) is 1.27. The van der Waals surface area contributed by atoms with Crippen molar-refractivity contribution in [3.05, 3.63) is 0 Å². The van der Waals surface area contributed by atoms with Crippen LogP contribution in [-0.4, -0.2) is 24.4 Å². The van der Waals surface area contributed by atoms with Crippen LogP contribution in [0, 0.1) is 11.8 Å². The standard InChI is InChI=1S/C11H24O2/c1-9(2)5-6-13-11(8-12)7-10(3)4/h9-12H,5-8H2,1-4H3. The molecule has 0 heterocycles. The molecule has 13 heavy (non-hydrogen) atoms. The normalized spacial score (nSPS) is 14.1. The Morgan fingerprint density at radius 2 is 1.69 bits per heavy atom. The average molecular weight is 188 g/mol. The molecule has 80 valence electrons. The largest absolute Gasteiger partial charge is 0.394 e. The molecule has 1 N–H and O–H groups in total. The summed E-state index contributed by atoms with van der Waals surface area (Å²) >= 11 is 0. The van der Waals surface area contributed by atoms with E-state index in [1.54, 1.807) is 0 Å². The zero-order valence-electron chi connectivity index (χ0n) is 9.42. The lowest BCUT2D eigenvalue weighted by molar-refractivity contribution is -0.00298. The van der Waals surface area contributed by atoms with Gasteiger partial charge in [0.1, 0.15) is 0 Å². The maximum atomic E-state index is 9.02. The van der Waals surface area contributed by atoms with Gasteiger partial charge in [0.05, 0.1) is 12.7 Å². The predicted octanol–water partition coefficient (Wildman–Crippen LogP) is 2.46.